The van der Waals surface area contributed by atoms with Gasteiger partial charge in [-0.2, -0.15) is 13.2 Å². The highest BCUT2D eigenvalue weighted by Crippen LogP contribution is 2.43. The Bertz CT molecular complexity index is 1190. The smallest absolute Gasteiger partial charge is 0.417 e. The summed E-state index contributed by atoms with van der Waals surface area (Å²) in [6, 6.07) is 7.26. The fourth-order valence-corrected chi connectivity index (χ4v) is 5.01. The molecule has 1 fully saturated rings. The first kappa shape index (κ1) is 24.0. The number of hydrogen-bond acceptors (Lipinski definition) is 8. The second kappa shape index (κ2) is 9.28. The minimum atomic E-state index is -4.72. The number of carboxylic acid groups (broad SMARTS) is 1. The highest BCUT2D eigenvalue weighted by Gasteiger charge is 2.37. The van der Waals surface area contributed by atoms with Crippen molar-refractivity contribution in [3.63, 3.8) is 0 Å². The third-order valence-corrected chi connectivity index (χ3v) is 6.97. The molecule has 0 bridgehead atoms. The molecule has 4 rings (SSSR count). The number of pyridine rings is 1. The number of carboxylic acids is 1. The highest BCUT2D eigenvalue weighted by atomic mass is 32.1. The number of aromatic carboxylic acids is 1. The molecule has 1 atom stereocenters. The van der Waals surface area contributed by atoms with E-state index in [0.29, 0.717) is 49.4 Å². The maximum absolute atomic E-state index is 13.8. The summed E-state index contributed by atoms with van der Waals surface area (Å²) >= 11 is 0.633. The molecule has 34 heavy (non-hydrogen) atoms. The van der Waals surface area contributed by atoms with Crippen molar-refractivity contribution in [2.24, 2.45) is 0 Å². The van der Waals surface area contributed by atoms with Crippen molar-refractivity contribution in [1.82, 2.24) is 10.3 Å². The average Bonchev–Trinajstić information content (AvgIpc) is 3.13. The van der Waals surface area contributed by atoms with Gasteiger partial charge in [0.2, 0.25) is 0 Å². The molecular formula is C22H23F3N4O4S. The number of benzene rings is 1. The zero-order valence-corrected chi connectivity index (χ0v) is 18.7. The SMILES string of the molecule is Nc1c(C(=O)O)sc2nc(N3CCC(NCC(O)c4ccc(O)cc4)CC3)cc(C(F)(F)F)c12. The van der Waals surface area contributed by atoms with Gasteiger partial charge in [-0.05, 0) is 36.6 Å². The summed E-state index contributed by atoms with van der Waals surface area (Å²) in [7, 11) is 0. The standard InChI is InChI=1S/C22H23F3N4O4S/c23-22(24,25)14-9-16(28-20-17(14)18(26)19(34-20)21(32)33)29-7-5-12(6-8-29)27-10-15(31)11-1-3-13(30)4-2-11/h1-4,9,12,15,27,30-31H,5-8,10,26H2,(H,32,33). The summed E-state index contributed by atoms with van der Waals surface area (Å²) in [5.74, 6) is -1.15. The number of carbonyl (C=O) groups is 1. The van der Waals surface area contributed by atoms with Gasteiger partial charge in [-0.15, -0.1) is 11.3 Å². The summed E-state index contributed by atoms with van der Waals surface area (Å²) < 4.78 is 41.3. The Labute approximate surface area is 196 Å². The molecule has 1 aromatic carbocycles. The van der Waals surface area contributed by atoms with Crippen molar-refractivity contribution in [2.75, 3.05) is 30.3 Å². The number of anilines is 2. The number of phenolic OH excluding ortho intramolecular Hbond substituents is 1. The molecule has 1 unspecified atom stereocenters. The molecule has 1 aliphatic rings. The average molecular weight is 497 g/mol. The Morgan fingerprint density at radius 3 is 2.50 bits per heavy atom. The summed E-state index contributed by atoms with van der Waals surface area (Å²) in [6.45, 7) is 1.18. The van der Waals surface area contributed by atoms with Crippen LogP contribution in [0, 0.1) is 0 Å². The van der Waals surface area contributed by atoms with Gasteiger partial charge in [-0.1, -0.05) is 12.1 Å². The first-order valence-electron chi connectivity index (χ1n) is 10.5. The second-order valence-corrected chi connectivity index (χ2v) is 9.13. The molecule has 12 heteroatoms. The largest absolute Gasteiger partial charge is 0.508 e. The zero-order chi connectivity index (χ0) is 24.6. The number of aromatic hydroxyl groups is 1. The van der Waals surface area contributed by atoms with Crippen molar-refractivity contribution in [1.29, 1.82) is 0 Å². The number of aliphatic hydroxyl groups excluding tert-OH is 1. The van der Waals surface area contributed by atoms with E-state index in [1.807, 2.05) is 0 Å². The van der Waals surface area contributed by atoms with Gasteiger partial charge >= 0.3 is 12.1 Å². The van der Waals surface area contributed by atoms with E-state index in [9.17, 15) is 33.3 Å². The maximum atomic E-state index is 13.8. The maximum Gasteiger partial charge on any atom is 0.417 e. The number of halogens is 3. The number of rotatable bonds is 6. The number of thiophene rings is 1. The Kier molecular flexibility index (Phi) is 6.56. The minimum Gasteiger partial charge on any atom is -0.508 e. The molecule has 0 spiro atoms. The van der Waals surface area contributed by atoms with Gasteiger partial charge in [0.25, 0.3) is 0 Å². The molecule has 3 heterocycles. The number of nitrogens with zero attached hydrogens (tertiary/aromatic N) is 2. The van der Waals surface area contributed by atoms with Gasteiger partial charge in [0.05, 0.1) is 17.4 Å². The van der Waals surface area contributed by atoms with Gasteiger partial charge in [0.15, 0.2) is 0 Å². The number of alkyl halides is 3. The van der Waals surface area contributed by atoms with Crippen LogP contribution < -0.4 is 16.0 Å². The van der Waals surface area contributed by atoms with Gasteiger partial charge in [-0.25, -0.2) is 9.78 Å². The number of piperidine rings is 1. The van der Waals surface area contributed by atoms with Crippen LogP contribution in [0.25, 0.3) is 10.2 Å². The lowest BCUT2D eigenvalue weighted by Crippen LogP contribution is -2.44. The predicted octanol–water partition coefficient (Wildman–Crippen LogP) is 3.59. The third kappa shape index (κ3) is 4.88. The molecule has 3 aromatic rings. The first-order valence-corrected chi connectivity index (χ1v) is 11.3. The quantitative estimate of drug-likeness (QED) is 0.350. The molecule has 0 amide bonds. The van der Waals surface area contributed by atoms with Crippen molar-refractivity contribution in [2.45, 2.75) is 31.2 Å². The summed E-state index contributed by atoms with van der Waals surface area (Å²) in [6.07, 6.45) is -4.23. The number of aromatic nitrogens is 1. The molecule has 6 N–H and O–H groups in total. The van der Waals surface area contributed by atoms with Crippen LogP contribution in [0.15, 0.2) is 30.3 Å². The van der Waals surface area contributed by atoms with Crippen LogP contribution in [-0.2, 0) is 6.18 Å². The van der Waals surface area contributed by atoms with Crippen LogP contribution >= 0.6 is 11.3 Å². The van der Waals surface area contributed by atoms with E-state index in [4.69, 9.17) is 5.73 Å². The lowest BCUT2D eigenvalue weighted by atomic mass is 10.0. The molecule has 0 aliphatic carbocycles. The van der Waals surface area contributed by atoms with Gasteiger partial charge < -0.3 is 31.3 Å². The molecule has 0 radical (unpaired) electrons. The predicted molar refractivity (Wildman–Crippen MR) is 122 cm³/mol. The fraction of sp³-hybridized carbons (Fsp3) is 0.364. The van der Waals surface area contributed by atoms with E-state index >= 15 is 0 Å². The molecule has 2 aromatic heterocycles. The Balaban J connectivity index is 1.46. The molecule has 1 aliphatic heterocycles. The molecule has 0 saturated carbocycles. The molecule has 1 saturated heterocycles. The van der Waals surface area contributed by atoms with E-state index < -0.39 is 29.5 Å². The van der Waals surface area contributed by atoms with Gasteiger partial charge in [-0.3, -0.25) is 0 Å². The second-order valence-electron chi connectivity index (χ2n) is 8.13. The minimum absolute atomic E-state index is 0.0583. The first-order chi connectivity index (χ1) is 16.0. The van der Waals surface area contributed by atoms with E-state index in [1.165, 1.54) is 12.1 Å². The van der Waals surface area contributed by atoms with Crippen LogP contribution in [0.5, 0.6) is 5.75 Å². The van der Waals surface area contributed by atoms with Crippen molar-refractivity contribution in [3.8, 4) is 5.75 Å². The van der Waals surface area contributed by atoms with Crippen LogP contribution in [0.2, 0.25) is 0 Å². The van der Waals surface area contributed by atoms with E-state index in [-0.39, 0.29) is 32.7 Å². The molecule has 182 valence electrons. The molecular weight excluding hydrogens is 473 g/mol. The highest BCUT2D eigenvalue weighted by molar-refractivity contribution is 7.21. The summed E-state index contributed by atoms with van der Waals surface area (Å²) in [4.78, 5) is 17.0. The Morgan fingerprint density at radius 1 is 1.26 bits per heavy atom. The van der Waals surface area contributed by atoms with Crippen molar-refractivity contribution < 1.29 is 33.3 Å². The van der Waals surface area contributed by atoms with Crippen LogP contribution in [0.3, 0.4) is 0 Å². The monoisotopic (exact) mass is 496 g/mol. The summed E-state index contributed by atoms with van der Waals surface area (Å²) in [5, 5.41) is 31.8. The van der Waals surface area contributed by atoms with Gasteiger partial charge in [0, 0.05) is 31.1 Å². The third-order valence-electron chi connectivity index (χ3n) is 5.88. The topological polar surface area (TPSA) is 132 Å². The van der Waals surface area contributed by atoms with Crippen LogP contribution in [0.1, 0.15) is 39.7 Å². The number of hydrogen-bond donors (Lipinski definition) is 5. The lowest BCUT2D eigenvalue weighted by molar-refractivity contribution is -0.136. The fourth-order valence-electron chi connectivity index (χ4n) is 4.06. The number of nitrogen functional groups attached to an aromatic ring is 1. The number of nitrogens with one attached hydrogen (secondary N) is 1. The number of fused-ring (bicyclic) bond motifs is 1. The lowest BCUT2D eigenvalue weighted by Gasteiger charge is -2.34. The number of aliphatic hydroxyl groups is 1. The van der Waals surface area contributed by atoms with E-state index in [1.54, 1.807) is 17.0 Å². The zero-order valence-electron chi connectivity index (χ0n) is 17.8. The Morgan fingerprint density at radius 2 is 1.91 bits per heavy atom. The van der Waals surface area contributed by atoms with Crippen molar-refractivity contribution >= 4 is 39.0 Å². The van der Waals surface area contributed by atoms with Crippen LogP contribution in [-0.4, -0.2) is 51.9 Å². The van der Waals surface area contributed by atoms with E-state index in [2.05, 4.69) is 10.3 Å². The van der Waals surface area contributed by atoms with Crippen molar-refractivity contribution in [3.05, 3.63) is 46.3 Å². The van der Waals surface area contributed by atoms with Gasteiger partial charge in [0.1, 0.15) is 21.3 Å². The Hall–Kier alpha value is -3.09. The summed E-state index contributed by atoms with van der Waals surface area (Å²) in [5.41, 5.74) is 4.97. The molecule has 8 nitrogen and oxygen atoms in total. The normalized spacial score (nSPS) is 16.2. The van der Waals surface area contributed by atoms with E-state index in [0.717, 1.165) is 6.07 Å². The number of nitrogens with two attached hydrogens (primary N) is 1. The van der Waals surface area contributed by atoms with Crippen LogP contribution in [0.4, 0.5) is 24.7 Å². The number of phenols is 1.